The lowest BCUT2D eigenvalue weighted by atomic mass is 9.97. The molecule has 7 nitrogen and oxygen atoms in total. The average Bonchev–Trinajstić information content (AvgIpc) is 3.05. The molecule has 2 aromatic carbocycles. The van der Waals surface area contributed by atoms with Crippen LogP contribution in [0, 0.1) is 13.8 Å². The minimum absolute atomic E-state index is 0.115. The van der Waals surface area contributed by atoms with Crippen LogP contribution in [-0.4, -0.2) is 57.1 Å². The molecule has 1 amide bonds. The smallest absolute Gasteiger partial charge is 0.290 e. The molecule has 1 atom stereocenters. The zero-order chi connectivity index (χ0) is 23.2. The first-order chi connectivity index (χ1) is 15.3. The van der Waals surface area contributed by atoms with Gasteiger partial charge < -0.3 is 23.7 Å². The second kappa shape index (κ2) is 8.31. The van der Waals surface area contributed by atoms with E-state index in [4.69, 9.17) is 13.9 Å². The normalized spacial score (nSPS) is 15.5. The van der Waals surface area contributed by atoms with Crippen molar-refractivity contribution in [3.05, 3.63) is 68.6 Å². The van der Waals surface area contributed by atoms with Crippen LogP contribution in [0.4, 0.5) is 0 Å². The van der Waals surface area contributed by atoms with Crippen molar-refractivity contribution < 1.29 is 18.7 Å². The highest BCUT2D eigenvalue weighted by Gasteiger charge is 2.42. The number of nitrogens with zero attached hydrogens (tertiary/aromatic N) is 2. The van der Waals surface area contributed by atoms with Crippen LogP contribution in [0.1, 0.15) is 38.9 Å². The zero-order valence-corrected chi connectivity index (χ0v) is 19.3. The van der Waals surface area contributed by atoms with Crippen molar-refractivity contribution in [2.75, 3.05) is 41.4 Å². The van der Waals surface area contributed by atoms with Gasteiger partial charge in [0, 0.05) is 13.1 Å². The molecule has 3 aromatic rings. The highest BCUT2D eigenvalue weighted by molar-refractivity contribution is 5.99. The number of carbonyl (C=O) groups excluding carboxylic acids is 1. The summed E-state index contributed by atoms with van der Waals surface area (Å²) in [4.78, 5) is 30.8. The summed E-state index contributed by atoms with van der Waals surface area (Å²) in [5.74, 6) is 0.954. The summed E-state index contributed by atoms with van der Waals surface area (Å²) in [6.07, 6.45) is 0. The summed E-state index contributed by atoms with van der Waals surface area (Å²) in [5, 5.41) is 0.486. The van der Waals surface area contributed by atoms with Gasteiger partial charge >= 0.3 is 0 Å². The number of benzene rings is 2. The van der Waals surface area contributed by atoms with Gasteiger partial charge in [-0.2, -0.15) is 0 Å². The van der Waals surface area contributed by atoms with E-state index in [9.17, 15) is 9.59 Å². The Morgan fingerprint density at radius 2 is 1.69 bits per heavy atom. The highest BCUT2D eigenvalue weighted by atomic mass is 16.5. The molecule has 0 saturated heterocycles. The maximum Gasteiger partial charge on any atom is 0.290 e. The third kappa shape index (κ3) is 3.52. The van der Waals surface area contributed by atoms with Gasteiger partial charge in [-0.1, -0.05) is 6.07 Å². The van der Waals surface area contributed by atoms with Gasteiger partial charge in [0.25, 0.3) is 5.91 Å². The number of likely N-dealkylation sites (N-methyl/N-ethyl adjacent to an activating group) is 1. The van der Waals surface area contributed by atoms with Crippen LogP contribution in [0.5, 0.6) is 11.5 Å². The van der Waals surface area contributed by atoms with Crippen LogP contribution in [-0.2, 0) is 0 Å². The number of ether oxygens (including phenoxy) is 2. The van der Waals surface area contributed by atoms with Gasteiger partial charge in [0.1, 0.15) is 5.58 Å². The third-order valence-electron chi connectivity index (χ3n) is 6.09. The van der Waals surface area contributed by atoms with Crippen LogP contribution in [0.25, 0.3) is 11.0 Å². The Labute approximate surface area is 187 Å². The Bertz CT molecular complexity index is 1260. The van der Waals surface area contributed by atoms with Crippen molar-refractivity contribution in [3.63, 3.8) is 0 Å². The molecule has 1 aromatic heterocycles. The quantitative estimate of drug-likeness (QED) is 0.589. The fourth-order valence-electron chi connectivity index (χ4n) is 4.18. The Kier molecular flexibility index (Phi) is 5.69. The number of amides is 1. The highest BCUT2D eigenvalue weighted by Crippen LogP contribution is 2.40. The molecule has 4 rings (SSSR count). The van der Waals surface area contributed by atoms with Crippen LogP contribution in [0.3, 0.4) is 0 Å². The van der Waals surface area contributed by atoms with E-state index in [-0.39, 0.29) is 17.1 Å². The topological polar surface area (TPSA) is 72.2 Å². The minimum Gasteiger partial charge on any atom is -0.493 e. The molecule has 7 heteroatoms. The molecule has 0 unspecified atom stereocenters. The van der Waals surface area contributed by atoms with Gasteiger partial charge in [-0.3, -0.25) is 9.59 Å². The second-order valence-corrected chi connectivity index (χ2v) is 8.43. The van der Waals surface area contributed by atoms with Crippen molar-refractivity contribution in [1.82, 2.24) is 9.80 Å². The predicted octanol–water partition coefficient (Wildman–Crippen LogP) is 3.53. The van der Waals surface area contributed by atoms with Crippen molar-refractivity contribution in [1.29, 1.82) is 0 Å². The minimum atomic E-state index is -0.570. The number of fused-ring (bicyclic) bond motifs is 2. The maximum absolute atomic E-state index is 13.7. The van der Waals surface area contributed by atoms with Gasteiger partial charge in [-0.05, 0) is 68.9 Å². The first-order valence-corrected chi connectivity index (χ1v) is 10.5. The lowest BCUT2D eigenvalue weighted by Crippen LogP contribution is -2.35. The van der Waals surface area contributed by atoms with Crippen molar-refractivity contribution in [2.24, 2.45) is 0 Å². The van der Waals surface area contributed by atoms with Crippen molar-refractivity contribution in [3.8, 4) is 11.5 Å². The van der Waals surface area contributed by atoms with E-state index >= 15 is 0 Å². The van der Waals surface area contributed by atoms with Crippen molar-refractivity contribution >= 4 is 16.9 Å². The molecule has 0 N–H and O–H groups in total. The van der Waals surface area contributed by atoms with Crippen LogP contribution >= 0.6 is 0 Å². The molecule has 2 heterocycles. The molecule has 0 aliphatic carbocycles. The van der Waals surface area contributed by atoms with Crippen molar-refractivity contribution in [2.45, 2.75) is 19.9 Å². The Morgan fingerprint density at radius 1 is 1.00 bits per heavy atom. The lowest BCUT2D eigenvalue weighted by molar-refractivity contribution is 0.0716. The molecule has 1 aliphatic heterocycles. The molecular formula is C25H28N2O5. The van der Waals surface area contributed by atoms with Crippen LogP contribution in [0.15, 0.2) is 39.5 Å². The fourth-order valence-corrected chi connectivity index (χ4v) is 4.18. The summed E-state index contributed by atoms with van der Waals surface area (Å²) >= 11 is 0. The van der Waals surface area contributed by atoms with E-state index in [1.54, 1.807) is 25.2 Å². The molecule has 168 valence electrons. The number of methoxy groups -OCH3 is 2. The van der Waals surface area contributed by atoms with Crippen LogP contribution in [0.2, 0.25) is 0 Å². The Balaban J connectivity index is 1.96. The summed E-state index contributed by atoms with van der Waals surface area (Å²) < 4.78 is 16.9. The van der Waals surface area contributed by atoms with E-state index in [0.717, 1.165) is 16.7 Å². The van der Waals surface area contributed by atoms with Gasteiger partial charge in [0.05, 0.1) is 31.2 Å². The summed E-state index contributed by atoms with van der Waals surface area (Å²) in [5.41, 5.74) is 3.41. The maximum atomic E-state index is 13.7. The largest absolute Gasteiger partial charge is 0.493 e. The number of hydrogen-bond donors (Lipinski definition) is 0. The molecule has 0 radical (unpaired) electrons. The number of carbonyl (C=O) groups is 1. The Morgan fingerprint density at radius 3 is 2.34 bits per heavy atom. The summed E-state index contributed by atoms with van der Waals surface area (Å²) in [6.45, 7) is 5.01. The summed E-state index contributed by atoms with van der Waals surface area (Å²) in [6, 6.07) is 8.57. The van der Waals surface area contributed by atoms with E-state index in [1.807, 2.05) is 57.1 Å². The summed E-state index contributed by atoms with van der Waals surface area (Å²) in [7, 11) is 7.03. The van der Waals surface area contributed by atoms with E-state index < -0.39 is 6.04 Å². The lowest BCUT2D eigenvalue weighted by Gasteiger charge is -2.27. The molecule has 32 heavy (non-hydrogen) atoms. The zero-order valence-electron chi connectivity index (χ0n) is 19.3. The predicted molar refractivity (Wildman–Crippen MR) is 123 cm³/mol. The standard InChI is InChI=1S/C25H28N2O5/c1-14-11-17-19(12-15(14)2)32-24-21(23(17)28)22(27(25(24)29)10-9-26(3)4)16-7-8-18(30-5)20(13-16)31-6/h7-8,11-13,22H,9-10H2,1-6H3/t22-/m0/s1. The second-order valence-electron chi connectivity index (χ2n) is 8.43. The van der Waals surface area contributed by atoms with Gasteiger partial charge in [-0.15, -0.1) is 0 Å². The fraction of sp³-hybridized carbons (Fsp3) is 0.360. The monoisotopic (exact) mass is 436 g/mol. The Hall–Kier alpha value is -3.32. The molecule has 0 spiro atoms. The third-order valence-corrected chi connectivity index (χ3v) is 6.09. The number of hydrogen-bond acceptors (Lipinski definition) is 6. The molecular weight excluding hydrogens is 408 g/mol. The van der Waals surface area contributed by atoms with Gasteiger partial charge in [0.2, 0.25) is 5.76 Å². The molecule has 0 bridgehead atoms. The first-order valence-electron chi connectivity index (χ1n) is 10.5. The number of rotatable bonds is 6. The molecule has 0 fully saturated rings. The van der Waals surface area contributed by atoms with E-state index in [1.165, 1.54) is 0 Å². The van der Waals surface area contributed by atoms with Crippen LogP contribution < -0.4 is 14.9 Å². The number of aryl methyl sites for hydroxylation is 2. The molecule has 0 saturated carbocycles. The van der Waals surface area contributed by atoms with E-state index in [0.29, 0.717) is 41.1 Å². The van der Waals surface area contributed by atoms with E-state index in [2.05, 4.69) is 0 Å². The SMILES string of the molecule is COc1ccc([C@H]2c3c(oc4cc(C)c(C)cc4c3=O)C(=O)N2CCN(C)C)cc1OC. The van der Waals surface area contributed by atoms with Gasteiger partial charge in [0.15, 0.2) is 16.9 Å². The molecule has 1 aliphatic rings. The first kappa shape index (κ1) is 21.9. The van der Waals surface area contributed by atoms with Gasteiger partial charge in [-0.25, -0.2) is 0 Å². The average molecular weight is 437 g/mol.